The monoisotopic (exact) mass is 263 g/mol. The van der Waals surface area contributed by atoms with Gasteiger partial charge in [-0.1, -0.05) is 13.8 Å². The molecular formula is C16H25NO2. The van der Waals surface area contributed by atoms with E-state index in [1.165, 1.54) is 24.0 Å². The van der Waals surface area contributed by atoms with E-state index in [9.17, 15) is 0 Å². The lowest BCUT2D eigenvalue weighted by molar-refractivity contribution is 0.390. The van der Waals surface area contributed by atoms with E-state index in [0.29, 0.717) is 12.0 Å². The van der Waals surface area contributed by atoms with Crippen LogP contribution in [0.4, 0.5) is 0 Å². The van der Waals surface area contributed by atoms with Gasteiger partial charge in [0.25, 0.3) is 0 Å². The summed E-state index contributed by atoms with van der Waals surface area (Å²) in [6, 6.07) is 4.60. The molecule has 0 saturated carbocycles. The van der Waals surface area contributed by atoms with Crippen molar-refractivity contribution in [1.29, 1.82) is 0 Å². The first-order valence-corrected chi connectivity index (χ1v) is 7.14. The summed E-state index contributed by atoms with van der Waals surface area (Å²) in [5, 5.41) is 3.56. The van der Waals surface area contributed by atoms with Crippen LogP contribution in [0.1, 0.15) is 43.7 Å². The van der Waals surface area contributed by atoms with Crippen LogP contribution in [0.25, 0.3) is 0 Å². The van der Waals surface area contributed by atoms with Gasteiger partial charge in [-0.15, -0.1) is 0 Å². The fraction of sp³-hybridized carbons (Fsp3) is 0.625. The maximum atomic E-state index is 5.56. The second-order valence-corrected chi connectivity index (χ2v) is 5.51. The first kappa shape index (κ1) is 14.2. The van der Waals surface area contributed by atoms with Crippen molar-refractivity contribution in [2.45, 2.75) is 45.1 Å². The van der Waals surface area contributed by atoms with Gasteiger partial charge in [0.15, 0.2) is 0 Å². The van der Waals surface area contributed by atoms with Gasteiger partial charge in [0.05, 0.1) is 14.2 Å². The summed E-state index contributed by atoms with van der Waals surface area (Å²) in [5.74, 6) is 2.39. The molecule has 1 unspecified atom stereocenters. The second-order valence-electron chi connectivity index (χ2n) is 5.51. The number of nitrogens with one attached hydrogen (secondary N) is 1. The second kappa shape index (κ2) is 6.29. The van der Waals surface area contributed by atoms with Gasteiger partial charge in [-0.05, 0) is 43.9 Å². The summed E-state index contributed by atoms with van der Waals surface area (Å²) >= 11 is 0. The molecule has 1 N–H and O–H groups in total. The highest BCUT2D eigenvalue weighted by molar-refractivity contribution is 5.50. The van der Waals surface area contributed by atoms with Crippen molar-refractivity contribution in [1.82, 2.24) is 5.32 Å². The average Bonchev–Trinajstić information content (AvgIpc) is 2.90. The molecule has 1 aromatic rings. The lowest BCUT2D eigenvalue weighted by atomic mass is 9.91. The minimum Gasteiger partial charge on any atom is -0.496 e. The fourth-order valence-electron chi connectivity index (χ4n) is 3.01. The van der Waals surface area contributed by atoms with Gasteiger partial charge in [0.2, 0.25) is 0 Å². The molecule has 0 spiro atoms. The first-order chi connectivity index (χ1) is 9.17. The molecule has 1 fully saturated rings. The van der Waals surface area contributed by atoms with Crippen LogP contribution >= 0.6 is 0 Å². The number of hydrogen-bond acceptors (Lipinski definition) is 3. The lowest BCUT2D eigenvalue weighted by Gasteiger charge is -2.22. The van der Waals surface area contributed by atoms with Crippen LogP contribution in [0.2, 0.25) is 0 Å². The van der Waals surface area contributed by atoms with E-state index in [0.717, 1.165) is 24.5 Å². The van der Waals surface area contributed by atoms with Gasteiger partial charge >= 0.3 is 0 Å². The molecule has 0 aliphatic carbocycles. The van der Waals surface area contributed by atoms with Gasteiger partial charge in [-0.25, -0.2) is 0 Å². The Morgan fingerprint density at radius 2 is 1.89 bits per heavy atom. The van der Waals surface area contributed by atoms with Crippen LogP contribution in [-0.2, 0) is 6.42 Å². The van der Waals surface area contributed by atoms with E-state index in [4.69, 9.17) is 9.47 Å². The van der Waals surface area contributed by atoms with Crippen LogP contribution in [0, 0.1) is 0 Å². The van der Waals surface area contributed by atoms with E-state index < -0.39 is 0 Å². The molecule has 0 bridgehead atoms. The van der Waals surface area contributed by atoms with E-state index in [1.54, 1.807) is 14.2 Å². The maximum Gasteiger partial charge on any atom is 0.122 e. The Hall–Kier alpha value is -1.22. The largest absolute Gasteiger partial charge is 0.496 e. The lowest BCUT2D eigenvalue weighted by Crippen LogP contribution is -2.24. The number of hydrogen-bond donors (Lipinski definition) is 1. The molecule has 19 heavy (non-hydrogen) atoms. The standard InChI is InChI=1S/C16H25NO2/c1-11(2)16-13(10-12-6-5-9-17-12)14(18-3)7-8-15(16)19-4/h7-8,11-12,17H,5-6,9-10H2,1-4H3. The van der Waals surface area contributed by atoms with Crippen molar-refractivity contribution in [3.8, 4) is 11.5 Å². The Kier molecular flexibility index (Phi) is 4.70. The molecule has 3 nitrogen and oxygen atoms in total. The van der Waals surface area contributed by atoms with Crippen molar-refractivity contribution in [3.63, 3.8) is 0 Å². The van der Waals surface area contributed by atoms with Crippen molar-refractivity contribution >= 4 is 0 Å². The third-order valence-electron chi connectivity index (χ3n) is 3.90. The summed E-state index contributed by atoms with van der Waals surface area (Å²) < 4.78 is 11.1. The van der Waals surface area contributed by atoms with Crippen LogP contribution in [0.5, 0.6) is 11.5 Å². The summed E-state index contributed by atoms with van der Waals surface area (Å²) in [6.45, 7) is 5.56. The molecule has 0 amide bonds. The molecule has 106 valence electrons. The highest BCUT2D eigenvalue weighted by Gasteiger charge is 2.22. The van der Waals surface area contributed by atoms with Gasteiger partial charge in [-0.2, -0.15) is 0 Å². The minimum absolute atomic E-state index is 0.432. The fourth-order valence-corrected chi connectivity index (χ4v) is 3.01. The summed E-state index contributed by atoms with van der Waals surface area (Å²) in [6.07, 6.45) is 3.54. The average molecular weight is 263 g/mol. The third-order valence-corrected chi connectivity index (χ3v) is 3.90. The number of benzene rings is 1. The predicted octanol–water partition coefficient (Wildman–Crippen LogP) is 3.12. The van der Waals surface area contributed by atoms with Crippen LogP contribution < -0.4 is 14.8 Å². The molecule has 2 rings (SSSR count). The molecule has 1 aliphatic rings. The summed E-state index contributed by atoms with van der Waals surface area (Å²) in [4.78, 5) is 0. The van der Waals surface area contributed by atoms with Crippen molar-refractivity contribution in [2.24, 2.45) is 0 Å². The summed E-state index contributed by atoms with van der Waals surface area (Å²) in [5.41, 5.74) is 2.59. The van der Waals surface area contributed by atoms with Crippen LogP contribution in [-0.4, -0.2) is 26.8 Å². The Morgan fingerprint density at radius 1 is 1.21 bits per heavy atom. The van der Waals surface area contributed by atoms with E-state index in [1.807, 2.05) is 12.1 Å². The highest BCUT2D eigenvalue weighted by atomic mass is 16.5. The number of ether oxygens (including phenoxy) is 2. The van der Waals surface area contributed by atoms with E-state index in [-0.39, 0.29) is 0 Å². The van der Waals surface area contributed by atoms with Gasteiger partial charge in [-0.3, -0.25) is 0 Å². The topological polar surface area (TPSA) is 30.5 Å². The van der Waals surface area contributed by atoms with Gasteiger partial charge < -0.3 is 14.8 Å². The molecule has 1 heterocycles. The van der Waals surface area contributed by atoms with Crippen molar-refractivity contribution in [2.75, 3.05) is 20.8 Å². The first-order valence-electron chi connectivity index (χ1n) is 7.14. The highest BCUT2D eigenvalue weighted by Crippen LogP contribution is 2.37. The number of rotatable bonds is 5. The Morgan fingerprint density at radius 3 is 2.42 bits per heavy atom. The van der Waals surface area contributed by atoms with Crippen LogP contribution in [0.3, 0.4) is 0 Å². The van der Waals surface area contributed by atoms with E-state index in [2.05, 4.69) is 19.2 Å². The molecule has 3 heteroatoms. The SMILES string of the molecule is COc1ccc(OC)c(C(C)C)c1CC1CCCN1. The smallest absolute Gasteiger partial charge is 0.122 e. The molecular weight excluding hydrogens is 238 g/mol. The third kappa shape index (κ3) is 3.03. The molecule has 1 saturated heterocycles. The van der Waals surface area contributed by atoms with Crippen LogP contribution in [0.15, 0.2) is 12.1 Å². The number of methoxy groups -OCH3 is 2. The zero-order valence-corrected chi connectivity index (χ0v) is 12.5. The Balaban J connectivity index is 2.40. The normalized spacial score (nSPS) is 18.9. The molecule has 1 aliphatic heterocycles. The van der Waals surface area contributed by atoms with Gasteiger partial charge in [0.1, 0.15) is 11.5 Å². The van der Waals surface area contributed by atoms with Crippen molar-refractivity contribution in [3.05, 3.63) is 23.3 Å². The molecule has 0 radical (unpaired) electrons. The minimum atomic E-state index is 0.432. The van der Waals surface area contributed by atoms with Gasteiger partial charge in [0, 0.05) is 17.2 Å². The molecule has 1 aromatic carbocycles. The zero-order chi connectivity index (χ0) is 13.8. The predicted molar refractivity (Wildman–Crippen MR) is 78.4 cm³/mol. The Bertz CT molecular complexity index is 423. The molecule has 0 aromatic heterocycles. The van der Waals surface area contributed by atoms with Crippen molar-refractivity contribution < 1.29 is 9.47 Å². The quantitative estimate of drug-likeness (QED) is 0.885. The molecule has 1 atom stereocenters. The zero-order valence-electron chi connectivity index (χ0n) is 12.5. The Labute approximate surface area is 116 Å². The summed E-state index contributed by atoms with van der Waals surface area (Å²) in [7, 11) is 3.49. The maximum absolute atomic E-state index is 5.56. The van der Waals surface area contributed by atoms with E-state index >= 15 is 0 Å².